The highest BCUT2D eigenvalue weighted by Gasteiger charge is 2.35. The number of nitriles is 1. The summed E-state index contributed by atoms with van der Waals surface area (Å²) in [6, 6.07) is 21.4. The average Bonchev–Trinajstić information content (AvgIpc) is 2.46. The lowest BCUT2D eigenvalue weighted by Crippen LogP contribution is -2.28. The van der Waals surface area contributed by atoms with Gasteiger partial charge >= 0.3 is 0 Å². The van der Waals surface area contributed by atoms with Crippen LogP contribution < -0.4 is 0 Å². The molecule has 0 saturated carbocycles. The second-order valence-corrected chi connectivity index (χ2v) is 4.63. The Morgan fingerprint density at radius 3 is 1.74 bits per heavy atom. The van der Waals surface area contributed by atoms with Crippen LogP contribution in [0.2, 0.25) is 0 Å². The number of rotatable bonds is 4. The Balaban J connectivity index is 2.63. The van der Waals surface area contributed by atoms with Crippen molar-refractivity contribution in [2.24, 2.45) is 0 Å². The Hall–Kier alpha value is -2.40. The zero-order chi connectivity index (χ0) is 13.7. The predicted molar refractivity (Wildman–Crippen MR) is 74.6 cm³/mol. The highest BCUT2D eigenvalue weighted by Crippen LogP contribution is 2.35. The molecule has 0 unspecified atom stereocenters. The number of hydrogen-bond acceptors (Lipinski definition) is 2. The zero-order valence-corrected chi connectivity index (χ0v) is 10.8. The summed E-state index contributed by atoms with van der Waals surface area (Å²) < 4.78 is 0. The van der Waals surface area contributed by atoms with Gasteiger partial charge in [0.05, 0.1) is 6.07 Å². The van der Waals surface area contributed by atoms with Crippen LogP contribution in [0.4, 0.5) is 0 Å². The van der Waals surface area contributed by atoms with Gasteiger partial charge in [0.25, 0.3) is 0 Å². The molecular weight excluding hydrogens is 234 g/mol. The third kappa shape index (κ3) is 2.56. The van der Waals surface area contributed by atoms with Gasteiger partial charge in [-0.1, -0.05) is 60.7 Å². The van der Waals surface area contributed by atoms with Gasteiger partial charge in [-0.05, 0) is 18.1 Å². The Morgan fingerprint density at radius 2 is 1.42 bits per heavy atom. The van der Waals surface area contributed by atoms with E-state index in [0.717, 1.165) is 11.1 Å². The van der Waals surface area contributed by atoms with Crippen molar-refractivity contribution in [3.8, 4) is 6.07 Å². The molecule has 0 aliphatic carbocycles. The van der Waals surface area contributed by atoms with E-state index in [4.69, 9.17) is 0 Å². The van der Waals surface area contributed by atoms with E-state index in [0.29, 0.717) is 0 Å². The quantitative estimate of drug-likeness (QED) is 0.832. The van der Waals surface area contributed by atoms with E-state index in [1.54, 1.807) is 0 Å². The third-order valence-corrected chi connectivity index (χ3v) is 3.24. The van der Waals surface area contributed by atoms with Gasteiger partial charge in [-0.15, -0.1) is 0 Å². The average molecular weight is 249 g/mol. The van der Waals surface area contributed by atoms with Gasteiger partial charge < -0.3 is 0 Å². The summed E-state index contributed by atoms with van der Waals surface area (Å²) in [6.07, 6.45) is 0.192. The molecule has 2 nitrogen and oxygen atoms in total. The molecule has 2 rings (SSSR count). The van der Waals surface area contributed by atoms with Crippen molar-refractivity contribution in [3.05, 3.63) is 71.8 Å². The van der Waals surface area contributed by atoms with Gasteiger partial charge in [0.15, 0.2) is 0 Å². The van der Waals surface area contributed by atoms with Crippen molar-refractivity contribution >= 4 is 5.78 Å². The van der Waals surface area contributed by atoms with Gasteiger partial charge in [-0.2, -0.15) is 5.26 Å². The fourth-order valence-corrected chi connectivity index (χ4v) is 2.36. The van der Waals surface area contributed by atoms with Crippen LogP contribution in [-0.2, 0) is 10.2 Å². The highest BCUT2D eigenvalue weighted by molar-refractivity contribution is 5.79. The van der Waals surface area contributed by atoms with Crippen molar-refractivity contribution < 1.29 is 4.79 Å². The molecule has 0 aliphatic rings. The fraction of sp³-hybridized carbons (Fsp3) is 0.176. The van der Waals surface area contributed by atoms with Gasteiger partial charge in [-0.25, -0.2) is 0 Å². The van der Waals surface area contributed by atoms with Gasteiger partial charge in [0, 0.05) is 6.42 Å². The first kappa shape index (κ1) is 13.0. The number of nitrogens with zero attached hydrogens (tertiary/aromatic N) is 1. The summed E-state index contributed by atoms with van der Waals surface area (Å²) in [7, 11) is 0. The molecule has 2 heteroatoms. The Morgan fingerprint density at radius 1 is 1.00 bits per heavy atom. The van der Waals surface area contributed by atoms with Crippen LogP contribution in [0.5, 0.6) is 0 Å². The summed E-state index contributed by atoms with van der Waals surface area (Å²) in [5.74, 6) is 0.00857. The van der Waals surface area contributed by atoms with E-state index < -0.39 is 5.41 Å². The molecule has 0 bridgehead atoms. The van der Waals surface area contributed by atoms with E-state index in [-0.39, 0.29) is 12.2 Å². The van der Waals surface area contributed by atoms with Crippen LogP contribution in [0.3, 0.4) is 0 Å². The second-order valence-electron chi connectivity index (χ2n) is 4.63. The molecule has 94 valence electrons. The van der Waals surface area contributed by atoms with Crippen molar-refractivity contribution in [1.82, 2.24) is 0 Å². The van der Waals surface area contributed by atoms with Crippen LogP contribution in [0.15, 0.2) is 60.7 Å². The fourth-order valence-electron chi connectivity index (χ4n) is 2.36. The SMILES string of the molecule is CC(=O)CC(C#N)(c1ccccc1)c1ccccc1. The minimum absolute atomic E-state index is 0.00857. The Labute approximate surface area is 113 Å². The van der Waals surface area contributed by atoms with E-state index in [1.165, 1.54) is 6.92 Å². The Kier molecular flexibility index (Phi) is 3.77. The van der Waals surface area contributed by atoms with Crippen LogP contribution >= 0.6 is 0 Å². The molecule has 0 atom stereocenters. The summed E-state index contributed by atoms with van der Waals surface area (Å²) in [4.78, 5) is 11.6. The maximum absolute atomic E-state index is 11.6. The maximum atomic E-state index is 11.6. The summed E-state index contributed by atoms with van der Waals surface area (Å²) in [5, 5.41) is 9.73. The highest BCUT2D eigenvalue weighted by atomic mass is 16.1. The minimum atomic E-state index is -0.894. The monoisotopic (exact) mass is 249 g/mol. The largest absolute Gasteiger partial charge is 0.300 e. The van der Waals surface area contributed by atoms with Crippen molar-refractivity contribution in [2.75, 3.05) is 0 Å². The number of ketones is 1. The third-order valence-electron chi connectivity index (χ3n) is 3.24. The number of carbonyl (C=O) groups is 1. The molecule has 2 aromatic rings. The van der Waals surface area contributed by atoms with Crippen LogP contribution in [0.25, 0.3) is 0 Å². The molecule has 0 heterocycles. The molecule has 0 saturated heterocycles. The van der Waals surface area contributed by atoms with Crippen molar-refractivity contribution in [1.29, 1.82) is 5.26 Å². The lowest BCUT2D eigenvalue weighted by atomic mass is 9.72. The Bertz CT molecular complexity index is 557. The maximum Gasteiger partial charge on any atom is 0.132 e. The van der Waals surface area contributed by atoms with Gasteiger partial charge in [0.2, 0.25) is 0 Å². The smallest absolute Gasteiger partial charge is 0.132 e. The van der Waals surface area contributed by atoms with E-state index in [9.17, 15) is 10.1 Å². The predicted octanol–water partition coefficient (Wildman–Crippen LogP) is 3.48. The van der Waals surface area contributed by atoms with Crippen molar-refractivity contribution in [3.63, 3.8) is 0 Å². The van der Waals surface area contributed by atoms with E-state index >= 15 is 0 Å². The lowest BCUT2D eigenvalue weighted by Gasteiger charge is -2.26. The summed E-state index contributed by atoms with van der Waals surface area (Å²) >= 11 is 0. The normalized spacial score (nSPS) is 10.7. The number of Topliss-reactive ketones (excluding diaryl/α,β-unsaturated/α-hetero) is 1. The first-order valence-corrected chi connectivity index (χ1v) is 6.21. The molecule has 0 radical (unpaired) electrons. The number of carbonyl (C=O) groups excluding carboxylic acids is 1. The second kappa shape index (κ2) is 5.49. The van der Waals surface area contributed by atoms with Crippen LogP contribution in [0.1, 0.15) is 24.5 Å². The van der Waals surface area contributed by atoms with Gasteiger partial charge in [-0.3, -0.25) is 4.79 Å². The number of hydrogen-bond donors (Lipinski definition) is 0. The molecule has 19 heavy (non-hydrogen) atoms. The minimum Gasteiger partial charge on any atom is -0.300 e. The van der Waals surface area contributed by atoms with Gasteiger partial charge in [0.1, 0.15) is 11.2 Å². The summed E-state index contributed by atoms with van der Waals surface area (Å²) in [5.41, 5.74) is 0.826. The molecule has 0 spiro atoms. The zero-order valence-electron chi connectivity index (χ0n) is 10.8. The van der Waals surface area contributed by atoms with Crippen LogP contribution in [0, 0.1) is 11.3 Å². The molecular formula is C17H15NO. The topological polar surface area (TPSA) is 40.9 Å². The molecule has 0 aromatic heterocycles. The molecule has 2 aromatic carbocycles. The van der Waals surface area contributed by atoms with E-state index in [2.05, 4.69) is 6.07 Å². The molecule has 0 fully saturated rings. The molecule has 0 aliphatic heterocycles. The number of benzene rings is 2. The van der Waals surface area contributed by atoms with Crippen LogP contribution in [-0.4, -0.2) is 5.78 Å². The molecule has 0 N–H and O–H groups in total. The molecule has 0 amide bonds. The van der Waals surface area contributed by atoms with Crippen molar-refractivity contribution in [2.45, 2.75) is 18.8 Å². The standard InChI is InChI=1S/C17H15NO/c1-14(19)12-17(13-18,15-8-4-2-5-9-15)16-10-6-3-7-11-16/h2-11H,12H2,1H3. The first-order chi connectivity index (χ1) is 9.19. The summed E-state index contributed by atoms with van der Waals surface area (Å²) in [6.45, 7) is 1.53. The lowest BCUT2D eigenvalue weighted by molar-refractivity contribution is -0.117. The van der Waals surface area contributed by atoms with E-state index in [1.807, 2.05) is 60.7 Å². The first-order valence-electron chi connectivity index (χ1n) is 6.21.